The summed E-state index contributed by atoms with van der Waals surface area (Å²) in [6.07, 6.45) is 7.99. The Labute approximate surface area is 132 Å². The molecule has 0 spiro atoms. The van der Waals surface area contributed by atoms with Crippen molar-refractivity contribution in [3.05, 3.63) is 18.7 Å². The van der Waals surface area contributed by atoms with Crippen molar-refractivity contribution >= 4 is 30.7 Å². The molecule has 1 aromatic rings. The summed E-state index contributed by atoms with van der Waals surface area (Å²) in [7, 11) is 0. The Morgan fingerprint density at radius 3 is 2.55 bits per heavy atom. The van der Waals surface area contributed by atoms with Gasteiger partial charge in [0.05, 0.1) is 6.33 Å². The number of nitrogens with two attached hydrogens (primary N) is 1. The molecule has 1 atom stereocenters. The summed E-state index contributed by atoms with van der Waals surface area (Å²) in [6.45, 7) is 4.48. The summed E-state index contributed by atoms with van der Waals surface area (Å²) in [6, 6.07) is 0.244. The number of hydrogen-bond donors (Lipinski definition) is 1. The van der Waals surface area contributed by atoms with Crippen LogP contribution in [0.5, 0.6) is 0 Å². The fourth-order valence-electron chi connectivity index (χ4n) is 2.48. The number of aryl methyl sites for hydroxylation is 1. The minimum atomic E-state index is 0. The summed E-state index contributed by atoms with van der Waals surface area (Å²) in [5, 5.41) is 0. The van der Waals surface area contributed by atoms with Gasteiger partial charge in [0.25, 0.3) is 0 Å². The molecule has 1 amide bonds. The van der Waals surface area contributed by atoms with Gasteiger partial charge >= 0.3 is 0 Å². The fraction of sp³-hybridized carbons (Fsp3) is 0.692. The summed E-state index contributed by atoms with van der Waals surface area (Å²) < 4.78 is 1.94. The molecular weight excluding hydrogens is 299 g/mol. The summed E-state index contributed by atoms with van der Waals surface area (Å²) in [5.41, 5.74) is 5.90. The first-order valence-corrected chi connectivity index (χ1v) is 6.66. The molecule has 0 bridgehead atoms. The number of imidazole rings is 1. The zero-order valence-corrected chi connectivity index (χ0v) is 13.4. The third-order valence-corrected chi connectivity index (χ3v) is 3.78. The van der Waals surface area contributed by atoms with Crippen molar-refractivity contribution in [3.63, 3.8) is 0 Å². The molecule has 1 fully saturated rings. The monoisotopic (exact) mass is 322 g/mol. The standard InChI is InChI=1S/C13H22N4O.2ClH/c1-11(14)12-2-7-17(8-3-12)13(18)4-6-16-9-5-15-10-16;;/h5,9-12H,2-4,6-8,14H2,1H3;2*1H. The van der Waals surface area contributed by atoms with E-state index in [1.165, 1.54) is 0 Å². The molecule has 20 heavy (non-hydrogen) atoms. The van der Waals surface area contributed by atoms with Crippen molar-refractivity contribution in [1.82, 2.24) is 14.5 Å². The number of nitrogens with zero attached hydrogens (tertiary/aromatic N) is 3. The largest absolute Gasteiger partial charge is 0.343 e. The first-order valence-electron chi connectivity index (χ1n) is 6.66. The maximum Gasteiger partial charge on any atom is 0.224 e. The van der Waals surface area contributed by atoms with E-state index in [0.29, 0.717) is 18.9 Å². The Kier molecular flexibility index (Phi) is 8.85. The summed E-state index contributed by atoms with van der Waals surface area (Å²) in [4.78, 5) is 18.0. The molecule has 1 unspecified atom stereocenters. The molecule has 2 rings (SSSR count). The summed E-state index contributed by atoms with van der Waals surface area (Å²) in [5.74, 6) is 0.814. The normalized spacial score (nSPS) is 17.0. The second-order valence-electron chi connectivity index (χ2n) is 5.13. The third-order valence-electron chi connectivity index (χ3n) is 3.78. The first kappa shape index (κ1) is 19.2. The van der Waals surface area contributed by atoms with Crippen molar-refractivity contribution in [1.29, 1.82) is 0 Å². The molecular formula is C13H24Cl2N4O. The Morgan fingerprint density at radius 1 is 1.40 bits per heavy atom. The van der Waals surface area contributed by atoms with Crippen LogP contribution in [-0.4, -0.2) is 39.5 Å². The lowest BCUT2D eigenvalue weighted by Crippen LogP contribution is -2.42. The van der Waals surface area contributed by atoms with Crippen LogP contribution in [0.15, 0.2) is 18.7 Å². The number of halogens is 2. The molecule has 0 aromatic carbocycles. The molecule has 1 aliphatic rings. The zero-order valence-electron chi connectivity index (χ0n) is 11.8. The number of aromatic nitrogens is 2. The number of carbonyl (C=O) groups is 1. The van der Waals surface area contributed by atoms with E-state index in [2.05, 4.69) is 11.9 Å². The Bertz CT molecular complexity index is 376. The number of carbonyl (C=O) groups excluding carboxylic acids is 1. The van der Waals surface area contributed by atoms with Crippen LogP contribution in [0.25, 0.3) is 0 Å². The molecule has 2 heterocycles. The lowest BCUT2D eigenvalue weighted by Gasteiger charge is -2.33. The fourth-order valence-corrected chi connectivity index (χ4v) is 2.48. The van der Waals surface area contributed by atoms with Gasteiger partial charge in [0.2, 0.25) is 5.91 Å². The SMILES string of the molecule is CC(N)C1CCN(C(=O)CCn2ccnc2)CC1.Cl.Cl. The smallest absolute Gasteiger partial charge is 0.224 e. The van der Waals surface area contributed by atoms with E-state index in [4.69, 9.17) is 5.73 Å². The van der Waals surface area contributed by atoms with Crippen LogP contribution in [0.1, 0.15) is 26.2 Å². The van der Waals surface area contributed by atoms with E-state index in [1.54, 1.807) is 12.5 Å². The van der Waals surface area contributed by atoms with E-state index in [9.17, 15) is 4.79 Å². The molecule has 1 aliphatic heterocycles. The quantitative estimate of drug-likeness (QED) is 0.917. The Morgan fingerprint density at radius 2 is 2.05 bits per heavy atom. The van der Waals surface area contributed by atoms with Crippen molar-refractivity contribution in [3.8, 4) is 0 Å². The molecule has 1 saturated heterocycles. The van der Waals surface area contributed by atoms with Crippen LogP contribution in [0.2, 0.25) is 0 Å². The maximum atomic E-state index is 12.0. The zero-order chi connectivity index (χ0) is 13.0. The molecule has 1 aromatic heterocycles. The topological polar surface area (TPSA) is 64.2 Å². The molecule has 0 saturated carbocycles. The van der Waals surface area contributed by atoms with E-state index in [-0.39, 0.29) is 36.8 Å². The highest BCUT2D eigenvalue weighted by atomic mass is 35.5. The minimum absolute atomic E-state index is 0. The van der Waals surface area contributed by atoms with Gasteiger partial charge in [0.1, 0.15) is 0 Å². The predicted molar refractivity (Wildman–Crippen MR) is 84.3 cm³/mol. The van der Waals surface area contributed by atoms with Gasteiger partial charge in [0, 0.05) is 44.5 Å². The lowest BCUT2D eigenvalue weighted by molar-refractivity contribution is -0.132. The van der Waals surface area contributed by atoms with Gasteiger partial charge in [-0.2, -0.15) is 0 Å². The third kappa shape index (κ3) is 5.31. The molecule has 7 heteroatoms. The number of rotatable bonds is 4. The van der Waals surface area contributed by atoms with Crippen LogP contribution in [0.4, 0.5) is 0 Å². The van der Waals surface area contributed by atoms with Crippen molar-refractivity contribution in [2.24, 2.45) is 11.7 Å². The number of hydrogen-bond acceptors (Lipinski definition) is 3. The number of likely N-dealkylation sites (tertiary alicyclic amines) is 1. The predicted octanol–water partition coefficient (Wildman–Crippen LogP) is 1.70. The van der Waals surface area contributed by atoms with E-state index in [0.717, 1.165) is 25.9 Å². The van der Waals surface area contributed by atoms with Gasteiger partial charge in [-0.05, 0) is 25.7 Å². The van der Waals surface area contributed by atoms with Gasteiger partial charge in [-0.3, -0.25) is 4.79 Å². The molecule has 0 radical (unpaired) electrons. The van der Waals surface area contributed by atoms with Crippen LogP contribution < -0.4 is 5.73 Å². The van der Waals surface area contributed by atoms with Crippen LogP contribution in [-0.2, 0) is 11.3 Å². The second-order valence-corrected chi connectivity index (χ2v) is 5.13. The van der Waals surface area contributed by atoms with E-state index in [1.807, 2.05) is 15.7 Å². The van der Waals surface area contributed by atoms with Crippen molar-refractivity contribution in [2.75, 3.05) is 13.1 Å². The highest BCUT2D eigenvalue weighted by molar-refractivity contribution is 5.85. The minimum Gasteiger partial charge on any atom is -0.343 e. The van der Waals surface area contributed by atoms with Crippen molar-refractivity contribution in [2.45, 2.75) is 38.8 Å². The van der Waals surface area contributed by atoms with Gasteiger partial charge < -0.3 is 15.2 Å². The van der Waals surface area contributed by atoms with Crippen LogP contribution in [0.3, 0.4) is 0 Å². The molecule has 2 N–H and O–H groups in total. The van der Waals surface area contributed by atoms with Crippen LogP contribution in [0, 0.1) is 5.92 Å². The highest BCUT2D eigenvalue weighted by Gasteiger charge is 2.24. The van der Waals surface area contributed by atoms with Gasteiger partial charge in [-0.25, -0.2) is 4.98 Å². The lowest BCUT2D eigenvalue weighted by atomic mass is 9.91. The van der Waals surface area contributed by atoms with E-state index < -0.39 is 0 Å². The summed E-state index contributed by atoms with van der Waals surface area (Å²) >= 11 is 0. The Hall–Kier alpha value is -0.780. The van der Waals surface area contributed by atoms with Gasteiger partial charge in [-0.15, -0.1) is 24.8 Å². The number of piperidine rings is 1. The average molecular weight is 323 g/mol. The van der Waals surface area contributed by atoms with E-state index >= 15 is 0 Å². The second kappa shape index (κ2) is 9.21. The maximum absolute atomic E-state index is 12.0. The van der Waals surface area contributed by atoms with Gasteiger partial charge in [-0.1, -0.05) is 0 Å². The number of amides is 1. The molecule has 0 aliphatic carbocycles. The van der Waals surface area contributed by atoms with Crippen molar-refractivity contribution < 1.29 is 4.79 Å². The Balaban J connectivity index is 0.00000180. The highest BCUT2D eigenvalue weighted by Crippen LogP contribution is 2.20. The average Bonchev–Trinajstić information content (AvgIpc) is 2.89. The molecule has 116 valence electrons. The first-order chi connectivity index (χ1) is 8.66. The van der Waals surface area contributed by atoms with Crippen LogP contribution >= 0.6 is 24.8 Å². The van der Waals surface area contributed by atoms with Gasteiger partial charge in [0.15, 0.2) is 0 Å². The molecule has 5 nitrogen and oxygen atoms in total.